The van der Waals surface area contributed by atoms with E-state index in [2.05, 4.69) is 22.8 Å². The highest BCUT2D eigenvalue weighted by atomic mass is 32.2. The highest BCUT2D eigenvalue weighted by molar-refractivity contribution is 7.99. The number of aryl methyl sites for hydroxylation is 1. The lowest BCUT2D eigenvalue weighted by Gasteiger charge is -2.00. The Labute approximate surface area is 95.1 Å². The second-order valence-electron chi connectivity index (χ2n) is 3.22. The molecule has 0 N–H and O–H groups in total. The quantitative estimate of drug-likeness (QED) is 0.463. The van der Waals surface area contributed by atoms with Gasteiger partial charge in [0.2, 0.25) is 0 Å². The molecule has 0 amide bonds. The maximum absolute atomic E-state index is 4.18. The van der Waals surface area contributed by atoms with Crippen molar-refractivity contribution in [3.63, 3.8) is 0 Å². The molecule has 1 aromatic heterocycles. The summed E-state index contributed by atoms with van der Waals surface area (Å²) in [5, 5.41) is 9.13. The van der Waals surface area contributed by atoms with Crippen molar-refractivity contribution >= 4 is 24.4 Å². The molecule has 0 fully saturated rings. The molecule has 0 aliphatic carbocycles. The predicted molar refractivity (Wildman–Crippen MR) is 64.2 cm³/mol. The first-order valence-corrected chi connectivity index (χ1v) is 6.47. The van der Waals surface area contributed by atoms with Gasteiger partial charge in [0.25, 0.3) is 0 Å². The van der Waals surface area contributed by atoms with E-state index in [9.17, 15) is 0 Å². The number of hydrogen-bond acceptors (Lipinski definition) is 4. The number of unbranched alkanes of at least 4 members (excludes halogenated alkanes) is 2. The Balaban J connectivity index is 2.21. The number of hydrogen-bond donors (Lipinski definition) is 1. The Morgan fingerprint density at radius 1 is 1.29 bits per heavy atom. The van der Waals surface area contributed by atoms with Gasteiger partial charge in [0.05, 0.1) is 0 Å². The SMILES string of the molecule is Cc1nnc(SCCCCCS)n1C. The molecular formula is C9H17N3S2. The molecule has 0 atom stereocenters. The topological polar surface area (TPSA) is 30.7 Å². The number of aromatic nitrogens is 3. The first-order valence-electron chi connectivity index (χ1n) is 4.85. The molecule has 0 aliphatic heterocycles. The molecule has 0 unspecified atom stereocenters. The third-order valence-corrected chi connectivity index (χ3v) is 3.51. The Bertz CT molecular complexity index is 273. The largest absolute Gasteiger partial charge is 0.309 e. The monoisotopic (exact) mass is 231 g/mol. The first kappa shape index (κ1) is 11.9. The molecule has 0 saturated heterocycles. The van der Waals surface area contributed by atoms with Gasteiger partial charge in [-0.3, -0.25) is 0 Å². The van der Waals surface area contributed by atoms with Crippen molar-refractivity contribution in [3.8, 4) is 0 Å². The van der Waals surface area contributed by atoms with Crippen LogP contribution in [-0.2, 0) is 7.05 Å². The van der Waals surface area contributed by atoms with Gasteiger partial charge in [-0.1, -0.05) is 18.2 Å². The summed E-state index contributed by atoms with van der Waals surface area (Å²) in [5.41, 5.74) is 0. The predicted octanol–water partition coefficient (Wildman–Crippen LogP) is 2.32. The zero-order valence-electron chi connectivity index (χ0n) is 8.73. The van der Waals surface area contributed by atoms with E-state index >= 15 is 0 Å². The zero-order chi connectivity index (χ0) is 10.4. The van der Waals surface area contributed by atoms with Crippen LogP contribution in [0.3, 0.4) is 0 Å². The molecular weight excluding hydrogens is 214 g/mol. The smallest absolute Gasteiger partial charge is 0.190 e. The average molecular weight is 231 g/mol. The van der Waals surface area contributed by atoms with Gasteiger partial charge in [0, 0.05) is 12.8 Å². The minimum atomic E-state index is 0.975. The third kappa shape index (κ3) is 3.53. The average Bonchev–Trinajstić information content (AvgIpc) is 2.49. The van der Waals surface area contributed by atoms with Crippen LogP contribution >= 0.6 is 24.4 Å². The zero-order valence-corrected chi connectivity index (χ0v) is 10.4. The van der Waals surface area contributed by atoms with E-state index < -0.39 is 0 Å². The molecule has 0 aromatic carbocycles. The van der Waals surface area contributed by atoms with E-state index in [0.29, 0.717) is 0 Å². The number of thioether (sulfide) groups is 1. The van der Waals surface area contributed by atoms with Gasteiger partial charge in [-0.15, -0.1) is 10.2 Å². The Morgan fingerprint density at radius 2 is 2.07 bits per heavy atom. The summed E-state index contributed by atoms with van der Waals surface area (Å²) >= 11 is 5.96. The fourth-order valence-corrected chi connectivity index (χ4v) is 2.25. The van der Waals surface area contributed by atoms with Crippen molar-refractivity contribution in [1.29, 1.82) is 0 Å². The fourth-order valence-electron chi connectivity index (χ4n) is 1.07. The van der Waals surface area contributed by atoms with Crippen molar-refractivity contribution in [3.05, 3.63) is 5.82 Å². The highest BCUT2D eigenvalue weighted by Crippen LogP contribution is 2.17. The molecule has 0 bridgehead atoms. The lowest BCUT2D eigenvalue weighted by Crippen LogP contribution is -1.94. The maximum atomic E-state index is 4.18. The molecule has 14 heavy (non-hydrogen) atoms. The number of rotatable bonds is 6. The van der Waals surface area contributed by atoms with E-state index in [1.54, 1.807) is 11.8 Å². The van der Waals surface area contributed by atoms with Crippen LogP contribution in [0.1, 0.15) is 25.1 Å². The van der Waals surface area contributed by atoms with Gasteiger partial charge in [-0.25, -0.2) is 0 Å². The molecule has 5 heteroatoms. The number of nitrogens with zero attached hydrogens (tertiary/aromatic N) is 3. The Morgan fingerprint density at radius 3 is 2.64 bits per heavy atom. The standard InChI is InChI=1S/C9H17N3S2/c1-8-10-11-9(12(8)2)14-7-5-3-4-6-13/h13H,3-7H2,1-2H3. The third-order valence-electron chi connectivity index (χ3n) is 2.09. The number of thiol groups is 1. The molecule has 1 heterocycles. The normalized spacial score (nSPS) is 10.8. The van der Waals surface area contributed by atoms with Crippen LogP contribution in [0.15, 0.2) is 5.16 Å². The van der Waals surface area contributed by atoms with Gasteiger partial charge in [-0.05, 0) is 25.5 Å². The molecule has 0 radical (unpaired) electrons. The van der Waals surface area contributed by atoms with Crippen LogP contribution in [0.2, 0.25) is 0 Å². The van der Waals surface area contributed by atoms with Crippen molar-refractivity contribution in [1.82, 2.24) is 14.8 Å². The Kier molecular flexibility index (Phi) is 5.40. The summed E-state index contributed by atoms with van der Waals surface area (Å²) in [5.74, 6) is 3.09. The summed E-state index contributed by atoms with van der Waals surface area (Å²) in [4.78, 5) is 0. The van der Waals surface area contributed by atoms with Crippen LogP contribution < -0.4 is 0 Å². The maximum Gasteiger partial charge on any atom is 0.190 e. The first-order chi connectivity index (χ1) is 6.75. The summed E-state index contributed by atoms with van der Waals surface area (Å²) in [7, 11) is 2.01. The highest BCUT2D eigenvalue weighted by Gasteiger charge is 2.04. The van der Waals surface area contributed by atoms with E-state index in [1.165, 1.54) is 19.3 Å². The molecule has 80 valence electrons. The van der Waals surface area contributed by atoms with Crippen LogP contribution in [-0.4, -0.2) is 26.3 Å². The Hall–Kier alpha value is -0.160. The van der Waals surface area contributed by atoms with Crippen molar-refractivity contribution in [2.75, 3.05) is 11.5 Å². The van der Waals surface area contributed by atoms with Gasteiger partial charge in [-0.2, -0.15) is 12.6 Å². The van der Waals surface area contributed by atoms with Crippen LogP contribution in [0.4, 0.5) is 0 Å². The molecule has 1 aromatic rings. The van der Waals surface area contributed by atoms with Crippen LogP contribution in [0, 0.1) is 6.92 Å². The minimum Gasteiger partial charge on any atom is -0.309 e. The van der Waals surface area contributed by atoms with Crippen molar-refractivity contribution in [2.45, 2.75) is 31.3 Å². The van der Waals surface area contributed by atoms with Gasteiger partial charge in [0.1, 0.15) is 5.82 Å². The summed E-state index contributed by atoms with van der Waals surface area (Å²) in [6.45, 7) is 1.97. The van der Waals surface area contributed by atoms with E-state index in [-0.39, 0.29) is 0 Å². The van der Waals surface area contributed by atoms with Gasteiger partial charge >= 0.3 is 0 Å². The summed E-state index contributed by atoms with van der Waals surface area (Å²) in [6, 6.07) is 0. The van der Waals surface area contributed by atoms with E-state index in [0.717, 1.165) is 22.5 Å². The second-order valence-corrected chi connectivity index (χ2v) is 4.73. The van der Waals surface area contributed by atoms with Crippen molar-refractivity contribution in [2.24, 2.45) is 7.05 Å². The van der Waals surface area contributed by atoms with Crippen molar-refractivity contribution < 1.29 is 0 Å². The second kappa shape index (κ2) is 6.35. The fraction of sp³-hybridized carbons (Fsp3) is 0.778. The van der Waals surface area contributed by atoms with Gasteiger partial charge in [0.15, 0.2) is 5.16 Å². The van der Waals surface area contributed by atoms with Crippen LogP contribution in [0.5, 0.6) is 0 Å². The molecule has 3 nitrogen and oxygen atoms in total. The lowest BCUT2D eigenvalue weighted by molar-refractivity contribution is 0.757. The summed E-state index contributed by atoms with van der Waals surface area (Å²) < 4.78 is 2.03. The van der Waals surface area contributed by atoms with Crippen LogP contribution in [0.25, 0.3) is 0 Å². The van der Waals surface area contributed by atoms with E-state index in [4.69, 9.17) is 0 Å². The molecule has 0 aliphatic rings. The van der Waals surface area contributed by atoms with E-state index in [1.807, 2.05) is 18.5 Å². The molecule has 0 saturated carbocycles. The minimum absolute atomic E-state index is 0.975. The summed E-state index contributed by atoms with van der Waals surface area (Å²) in [6.07, 6.45) is 3.70. The molecule has 1 rings (SSSR count). The van der Waals surface area contributed by atoms with Gasteiger partial charge < -0.3 is 4.57 Å². The molecule has 0 spiro atoms. The lowest BCUT2D eigenvalue weighted by atomic mass is 10.3.